The molecule has 50 valence electrons. The molecule has 2 N–H and O–H groups in total. The molecule has 1 rings (SSSR count). The monoisotopic (exact) mass is 257 g/mol. The van der Waals surface area contributed by atoms with Gasteiger partial charge in [0.25, 0.3) is 0 Å². The number of aliphatic hydroxyl groups excluding tert-OH is 1. The molecule has 4 nitrogen and oxygen atoms in total. The SMILES string of the molecule is OCc1n[nH]c(=S)n1I. The van der Waals surface area contributed by atoms with Gasteiger partial charge in [0.1, 0.15) is 6.61 Å². The van der Waals surface area contributed by atoms with Crippen LogP contribution in [-0.2, 0) is 6.61 Å². The Bertz CT molecular complexity index is 254. The summed E-state index contributed by atoms with van der Waals surface area (Å²) >= 11 is 6.73. The van der Waals surface area contributed by atoms with E-state index in [1.807, 2.05) is 22.9 Å². The van der Waals surface area contributed by atoms with E-state index in [1.165, 1.54) is 0 Å². The molecular weight excluding hydrogens is 253 g/mol. The molecule has 1 aromatic heterocycles. The third-order valence-electron chi connectivity index (χ3n) is 0.827. The predicted octanol–water partition coefficient (Wildman–Crippen LogP) is 0.631. The van der Waals surface area contributed by atoms with Gasteiger partial charge in [0.2, 0.25) is 4.77 Å². The first-order valence-electron chi connectivity index (χ1n) is 2.19. The number of halogens is 1. The first kappa shape index (κ1) is 7.16. The van der Waals surface area contributed by atoms with Crippen LogP contribution in [0.1, 0.15) is 5.82 Å². The van der Waals surface area contributed by atoms with Crippen molar-refractivity contribution in [2.75, 3.05) is 0 Å². The lowest BCUT2D eigenvalue weighted by Gasteiger charge is -1.87. The van der Waals surface area contributed by atoms with E-state index >= 15 is 0 Å². The standard InChI is InChI=1S/C3H4IN3OS/c4-7-2(1-8)5-6-3(7)9/h8H,1H2,(H,6,9). The number of rotatable bonds is 1. The van der Waals surface area contributed by atoms with E-state index in [0.29, 0.717) is 10.6 Å². The van der Waals surface area contributed by atoms with Crippen LogP contribution in [0.5, 0.6) is 0 Å². The molecule has 0 aliphatic heterocycles. The highest BCUT2D eigenvalue weighted by Gasteiger charge is 1.98. The van der Waals surface area contributed by atoms with Crippen LogP contribution in [0.4, 0.5) is 0 Å². The van der Waals surface area contributed by atoms with E-state index < -0.39 is 0 Å². The van der Waals surface area contributed by atoms with Crippen LogP contribution in [0.2, 0.25) is 0 Å². The van der Waals surface area contributed by atoms with Gasteiger partial charge in [-0.05, 0) is 12.2 Å². The minimum absolute atomic E-state index is 0.0872. The van der Waals surface area contributed by atoms with Crippen LogP contribution in [0.15, 0.2) is 0 Å². The largest absolute Gasteiger partial charge is 0.388 e. The number of hydrogen-bond donors (Lipinski definition) is 2. The zero-order valence-electron chi connectivity index (χ0n) is 4.33. The number of nitrogens with zero attached hydrogens (tertiary/aromatic N) is 2. The summed E-state index contributed by atoms with van der Waals surface area (Å²) in [7, 11) is 0. The molecule has 0 fully saturated rings. The molecule has 0 atom stereocenters. The Morgan fingerprint density at radius 3 is 2.78 bits per heavy atom. The van der Waals surface area contributed by atoms with E-state index in [0.717, 1.165) is 0 Å². The number of aromatic nitrogens is 3. The van der Waals surface area contributed by atoms with Crippen LogP contribution in [0.25, 0.3) is 0 Å². The quantitative estimate of drug-likeness (QED) is 0.573. The number of aromatic amines is 1. The number of H-pyrrole nitrogens is 1. The average Bonchev–Trinajstić information content (AvgIpc) is 2.15. The molecule has 0 radical (unpaired) electrons. The third kappa shape index (κ3) is 1.30. The van der Waals surface area contributed by atoms with Crippen LogP contribution in [0, 0.1) is 4.77 Å². The molecule has 0 saturated carbocycles. The van der Waals surface area contributed by atoms with Gasteiger partial charge in [-0.3, -0.25) is 5.10 Å². The van der Waals surface area contributed by atoms with E-state index in [4.69, 9.17) is 17.3 Å². The minimum atomic E-state index is -0.0872. The molecule has 0 aliphatic rings. The van der Waals surface area contributed by atoms with Crippen LogP contribution >= 0.6 is 35.1 Å². The van der Waals surface area contributed by atoms with Crippen molar-refractivity contribution in [2.24, 2.45) is 0 Å². The van der Waals surface area contributed by atoms with Gasteiger partial charge in [-0.15, -0.1) is 0 Å². The Morgan fingerprint density at radius 1 is 1.89 bits per heavy atom. The number of aliphatic hydroxyl groups is 1. The number of nitrogens with one attached hydrogen (secondary N) is 1. The molecule has 1 heterocycles. The molecule has 1 aromatic rings. The fraction of sp³-hybridized carbons (Fsp3) is 0.333. The lowest BCUT2D eigenvalue weighted by molar-refractivity contribution is 0.271. The maximum atomic E-state index is 8.58. The van der Waals surface area contributed by atoms with Gasteiger partial charge in [-0.2, -0.15) is 5.10 Å². The van der Waals surface area contributed by atoms with Crippen molar-refractivity contribution in [2.45, 2.75) is 6.61 Å². The zero-order chi connectivity index (χ0) is 6.85. The van der Waals surface area contributed by atoms with Crippen molar-refractivity contribution in [1.82, 2.24) is 13.0 Å². The maximum absolute atomic E-state index is 8.58. The van der Waals surface area contributed by atoms with Gasteiger partial charge in [0, 0.05) is 0 Å². The summed E-state index contributed by atoms with van der Waals surface area (Å²) in [6, 6.07) is 0. The summed E-state index contributed by atoms with van der Waals surface area (Å²) in [6.07, 6.45) is 0. The van der Waals surface area contributed by atoms with Gasteiger partial charge in [0.15, 0.2) is 5.82 Å². The molecule has 0 aliphatic carbocycles. The smallest absolute Gasteiger partial charge is 0.204 e. The van der Waals surface area contributed by atoms with Crippen molar-refractivity contribution in [3.8, 4) is 0 Å². The van der Waals surface area contributed by atoms with E-state index in [-0.39, 0.29) is 6.61 Å². The summed E-state index contributed by atoms with van der Waals surface area (Å²) in [5.74, 6) is 0.542. The van der Waals surface area contributed by atoms with Crippen molar-refractivity contribution in [3.63, 3.8) is 0 Å². The molecule has 0 saturated heterocycles. The van der Waals surface area contributed by atoms with Crippen molar-refractivity contribution < 1.29 is 5.11 Å². The van der Waals surface area contributed by atoms with Crippen LogP contribution in [0.3, 0.4) is 0 Å². The highest BCUT2D eigenvalue weighted by atomic mass is 127. The van der Waals surface area contributed by atoms with Gasteiger partial charge in [-0.25, -0.2) is 2.78 Å². The minimum Gasteiger partial charge on any atom is -0.388 e. The first-order valence-corrected chi connectivity index (χ1v) is 3.56. The zero-order valence-corrected chi connectivity index (χ0v) is 7.31. The summed E-state index contributed by atoms with van der Waals surface area (Å²) in [5, 5.41) is 14.8. The lowest BCUT2D eigenvalue weighted by Crippen LogP contribution is -1.90. The molecule has 0 spiro atoms. The molecule has 0 bridgehead atoms. The first-order chi connectivity index (χ1) is 4.25. The van der Waals surface area contributed by atoms with Crippen LogP contribution < -0.4 is 0 Å². The fourth-order valence-electron chi connectivity index (χ4n) is 0.415. The topological polar surface area (TPSA) is 53.8 Å². The highest BCUT2D eigenvalue weighted by molar-refractivity contribution is 14.1. The average molecular weight is 257 g/mol. The van der Waals surface area contributed by atoms with Crippen LogP contribution in [-0.4, -0.2) is 18.1 Å². The Morgan fingerprint density at radius 2 is 2.56 bits per heavy atom. The second-order valence-electron chi connectivity index (χ2n) is 1.38. The molecule has 0 unspecified atom stereocenters. The highest BCUT2D eigenvalue weighted by Crippen LogP contribution is 2.00. The van der Waals surface area contributed by atoms with Gasteiger partial charge >= 0.3 is 0 Å². The normalized spacial score (nSPS) is 10.0. The van der Waals surface area contributed by atoms with Crippen molar-refractivity contribution >= 4 is 35.1 Å². The summed E-state index contributed by atoms with van der Waals surface area (Å²) in [6.45, 7) is -0.0872. The Kier molecular flexibility index (Phi) is 2.19. The third-order valence-corrected chi connectivity index (χ3v) is 2.47. The van der Waals surface area contributed by atoms with E-state index in [9.17, 15) is 0 Å². The van der Waals surface area contributed by atoms with Crippen molar-refractivity contribution in [1.29, 1.82) is 0 Å². The van der Waals surface area contributed by atoms with Gasteiger partial charge in [0.05, 0.1) is 22.9 Å². The Labute approximate surface area is 70.4 Å². The Balaban J connectivity index is 3.20. The van der Waals surface area contributed by atoms with Gasteiger partial charge in [-0.1, -0.05) is 0 Å². The summed E-state index contributed by atoms with van der Waals surface area (Å²) in [4.78, 5) is 0. The molecular formula is C3H4IN3OS. The second-order valence-corrected chi connectivity index (χ2v) is 2.74. The molecule has 9 heavy (non-hydrogen) atoms. The number of hydrogen-bond acceptors (Lipinski definition) is 3. The molecule has 6 heteroatoms. The fourth-order valence-corrected chi connectivity index (χ4v) is 0.934. The van der Waals surface area contributed by atoms with E-state index in [2.05, 4.69) is 10.2 Å². The van der Waals surface area contributed by atoms with Gasteiger partial charge < -0.3 is 5.11 Å². The Hall–Kier alpha value is 0.0500. The summed E-state index contributed by atoms with van der Waals surface area (Å²) in [5.41, 5.74) is 0. The second kappa shape index (κ2) is 2.76. The molecule has 0 aromatic carbocycles. The maximum Gasteiger partial charge on any atom is 0.204 e. The van der Waals surface area contributed by atoms with Crippen molar-refractivity contribution in [3.05, 3.63) is 10.6 Å². The van der Waals surface area contributed by atoms with E-state index in [1.54, 1.807) is 2.78 Å². The lowest BCUT2D eigenvalue weighted by atomic mass is 10.7. The predicted molar refractivity (Wildman–Crippen MR) is 42.8 cm³/mol. The summed E-state index contributed by atoms with van der Waals surface area (Å²) < 4.78 is 2.10. The molecule has 0 amide bonds.